The second kappa shape index (κ2) is 7.21. The molecule has 0 fully saturated rings. The topological polar surface area (TPSA) is 72.2 Å². The van der Waals surface area contributed by atoms with Crippen molar-refractivity contribution in [2.24, 2.45) is 0 Å². The van der Waals surface area contributed by atoms with Gasteiger partial charge in [0.05, 0.1) is 12.2 Å². The fourth-order valence-corrected chi connectivity index (χ4v) is 1.95. The molecule has 1 heterocycles. The van der Waals surface area contributed by atoms with E-state index in [1.54, 1.807) is 18.2 Å². The lowest BCUT2D eigenvalue weighted by Crippen LogP contribution is -2.18. The smallest absolute Gasteiger partial charge is 0.434 e. The van der Waals surface area contributed by atoms with Crippen LogP contribution in [-0.4, -0.2) is 17.6 Å². The van der Waals surface area contributed by atoms with Crippen LogP contribution in [0.2, 0.25) is 0 Å². The average molecular weight is 350 g/mol. The quantitative estimate of drug-likeness (QED) is 0.771. The second-order valence-electron chi connectivity index (χ2n) is 4.98. The third-order valence-corrected chi connectivity index (χ3v) is 3.11. The van der Waals surface area contributed by atoms with Crippen molar-refractivity contribution in [1.29, 1.82) is 5.26 Å². The number of benzene rings is 1. The van der Waals surface area contributed by atoms with Crippen LogP contribution >= 0.6 is 0 Å². The number of aromatic nitrogens is 1. The molecule has 0 aliphatic carbocycles. The normalized spacial score (nSPS) is 10.9. The predicted molar refractivity (Wildman–Crippen MR) is 81.2 cm³/mol. The number of carbonyl (C=O) groups is 1. The molecule has 0 saturated carbocycles. The summed E-state index contributed by atoms with van der Waals surface area (Å²) in [6, 6.07) is 8.91. The molecule has 0 aliphatic heterocycles. The summed E-state index contributed by atoms with van der Waals surface area (Å²) in [7, 11) is 0. The first-order valence-corrected chi connectivity index (χ1v) is 7.20. The Labute approximate surface area is 141 Å². The van der Waals surface area contributed by atoms with Gasteiger partial charge in [0.2, 0.25) is 5.88 Å². The Morgan fingerprint density at radius 1 is 1.28 bits per heavy atom. The summed E-state index contributed by atoms with van der Waals surface area (Å²) in [6.45, 7) is 3.18. The minimum absolute atomic E-state index is 0.111. The van der Waals surface area contributed by atoms with Crippen LogP contribution in [0, 0.1) is 18.3 Å². The maximum atomic E-state index is 13.2. The molecule has 0 spiro atoms. The lowest BCUT2D eigenvalue weighted by molar-refractivity contribution is -0.141. The summed E-state index contributed by atoms with van der Waals surface area (Å²) in [5.74, 6) is -1.53. The highest BCUT2D eigenvalue weighted by Gasteiger charge is 2.39. The first-order valence-electron chi connectivity index (χ1n) is 7.20. The predicted octanol–water partition coefficient (Wildman–Crippen LogP) is 4.25. The highest BCUT2D eigenvalue weighted by Crippen LogP contribution is 2.35. The van der Waals surface area contributed by atoms with Crippen LogP contribution in [0.1, 0.15) is 34.1 Å². The van der Waals surface area contributed by atoms with Gasteiger partial charge in [0.25, 0.3) is 0 Å². The van der Waals surface area contributed by atoms with Gasteiger partial charge < -0.3 is 9.47 Å². The zero-order valence-corrected chi connectivity index (χ0v) is 13.3. The number of pyridine rings is 1. The Morgan fingerprint density at radius 3 is 2.44 bits per heavy atom. The van der Waals surface area contributed by atoms with Gasteiger partial charge >= 0.3 is 12.1 Å². The Morgan fingerprint density at radius 2 is 1.92 bits per heavy atom. The van der Waals surface area contributed by atoms with Crippen molar-refractivity contribution >= 4 is 5.97 Å². The molecule has 0 radical (unpaired) electrons. The zero-order valence-electron chi connectivity index (χ0n) is 13.3. The summed E-state index contributed by atoms with van der Waals surface area (Å²) in [5.41, 5.74) is -1.68. The van der Waals surface area contributed by atoms with Gasteiger partial charge in [-0.1, -0.05) is 17.7 Å². The molecule has 25 heavy (non-hydrogen) atoms. The van der Waals surface area contributed by atoms with E-state index in [-0.39, 0.29) is 17.9 Å². The summed E-state index contributed by atoms with van der Waals surface area (Å²) >= 11 is 0. The summed E-state index contributed by atoms with van der Waals surface area (Å²) < 4.78 is 49.6. The molecular weight excluding hydrogens is 337 g/mol. The first kappa shape index (κ1) is 18.3. The molecule has 0 unspecified atom stereocenters. The number of alkyl halides is 3. The zero-order chi connectivity index (χ0) is 18.6. The molecule has 5 nitrogen and oxygen atoms in total. The number of hydrogen-bond donors (Lipinski definition) is 0. The van der Waals surface area contributed by atoms with E-state index in [1.165, 1.54) is 19.1 Å². The lowest BCUT2D eigenvalue weighted by Gasteiger charge is -2.14. The van der Waals surface area contributed by atoms with E-state index in [0.29, 0.717) is 0 Å². The SMILES string of the molecule is CCOC(=O)c1cc(C#N)c(Oc2ccc(C)cc2)nc1C(F)(F)F. The summed E-state index contributed by atoms with van der Waals surface area (Å²) in [6.07, 6.45) is -4.92. The van der Waals surface area contributed by atoms with Gasteiger partial charge in [-0.25, -0.2) is 9.78 Å². The number of nitrogens with zero attached hydrogens (tertiary/aromatic N) is 2. The Hall–Kier alpha value is -3.08. The fourth-order valence-electron chi connectivity index (χ4n) is 1.95. The number of hydrogen-bond acceptors (Lipinski definition) is 5. The standard InChI is InChI=1S/C17H13F3N2O3/c1-3-24-16(23)13-8-11(9-21)15(22-14(13)17(18,19)20)25-12-6-4-10(2)5-7-12/h4-8H,3H2,1-2H3. The van der Waals surface area contributed by atoms with Gasteiger partial charge in [-0.05, 0) is 32.0 Å². The van der Waals surface area contributed by atoms with E-state index in [4.69, 9.17) is 10.00 Å². The van der Waals surface area contributed by atoms with Crippen molar-refractivity contribution in [1.82, 2.24) is 4.98 Å². The van der Waals surface area contributed by atoms with Gasteiger partial charge in [-0.15, -0.1) is 0 Å². The van der Waals surface area contributed by atoms with Gasteiger partial charge in [0, 0.05) is 0 Å². The molecule has 0 amide bonds. The van der Waals surface area contributed by atoms with Crippen molar-refractivity contribution in [2.45, 2.75) is 20.0 Å². The maximum absolute atomic E-state index is 13.2. The number of esters is 1. The van der Waals surface area contributed by atoms with E-state index in [9.17, 15) is 18.0 Å². The molecule has 1 aromatic heterocycles. The second-order valence-corrected chi connectivity index (χ2v) is 4.98. The van der Waals surface area contributed by atoms with E-state index >= 15 is 0 Å². The molecule has 2 rings (SSSR count). The average Bonchev–Trinajstić information content (AvgIpc) is 2.56. The Balaban J connectivity index is 2.55. The maximum Gasteiger partial charge on any atom is 0.434 e. The molecule has 0 saturated heterocycles. The van der Waals surface area contributed by atoms with Gasteiger partial charge in [0.15, 0.2) is 5.69 Å². The van der Waals surface area contributed by atoms with Crippen LogP contribution in [-0.2, 0) is 10.9 Å². The van der Waals surface area contributed by atoms with Crippen LogP contribution in [0.4, 0.5) is 13.2 Å². The van der Waals surface area contributed by atoms with E-state index < -0.39 is 29.3 Å². The van der Waals surface area contributed by atoms with Crippen LogP contribution in [0.15, 0.2) is 30.3 Å². The number of rotatable bonds is 4. The van der Waals surface area contributed by atoms with Crippen molar-refractivity contribution in [3.8, 4) is 17.7 Å². The molecule has 2 aromatic rings. The lowest BCUT2D eigenvalue weighted by atomic mass is 10.1. The molecule has 0 aliphatic rings. The van der Waals surface area contributed by atoms with Crippen LogP contribution < -0.4 is 4.74 Å². The molecular formula is C17H13F3N2O3. The number of carbonyl (C=O) groups excluding carboxylic acids is 1. The van der Waals surface area contributed by atoms with Gasteiger partial charge in [0.1, 0.15) is 17.4 Å². The van der Waals surface area contributed by atoms with E-state index in [2.05, 4.69) is 9.72 Å². The minimum Gasteiger partial charge on any atom is -0.462 e. The monoisotopic (exact) mass is 350 g/mol. The molecule has 1 aromatic carbocycles. The largest absolute Gasteiger partial charge is 0.462 e. The highest BCUT2D eigenvalue weighted by molar-refractivity contribution is 5.91. The first-order chi connectivity index (χ1) is 11.8. The number of nitriles is 1. The Kier molecular flexibility index (Phi) is 5.27. The summed E-state index contributed by atoms with van der Waals surface area (Å²) in [5, 5.41) is 9.17. The molecule has 130 valence electrons. The Bertz CT molecular complexity index is 825. The van der Waals surface area contributed by atoms with Gasteiger partial charge in [-0.3, -0.25) is 0 Å². The van der Waals surface area contributed by atoms with Crippen molar-refractivity contribution in [2.75, 3.05) is 6.61 Å². The van der Waals surface area contributed by atoms with E-state index in [0.717, 1.165) is 11.6 Å². The number of ether oxygens (including phenoxy) is 2. The molecule has 0 N–H and O–H groups in total. The fraction of sp³-hybridized carbons (Fsp3) is 0.235. The van der Waals surface area contributed by atoms with Crippen molar-refractivity contribution < 1.29 is 27.4 Å². The number of aryl methyl sites for hydroxylation is 1. The number of halogens is 3. The summed E-state index contributed by atoms with van der Waals surface area (Å²) in [4.78, 5) is 15.1. The highest BCUT2D eigenvalue weighted by atomic mass is 19.4. The third-order valence-electron chi connectivity index (χ3n) is 3.11. The molecule has 8 heteroatoms. The molecule has 0 atom stereocenters. The van der Waals surface area contributed by atoms with Crippen LogP contribution in [0.25, 0.3) is 0 Å². The van der Waals surface area contributed by atoms with Crippen molar-refractivity contribution in [3.63, 3.8) is 0 Å². The van der Waals surface area contributed by atoms with Crippen LogP contribution in [0.5, 0.6) is 11.6 Å². The minimum atomic E-state index is -4.92. The van der Waals surface area contributed by atoms with Gasteiger partial charge in [-0.2, -0.15) is 18.4 Å². The van der Waals surface area contributed by atoms with Crippen molar-refractivity contribution in [3.05, 3.63) is 52.7 Å². The third kappa shape index (κ3) is 4.26. The molecule has 0 bridgehead atoms. The van der Waals surface area contributed by atoms with Crippen LogP contribution in [0.3, 0.4) is 0 Å². The van der Waals surface area contributed by atoms with E-state index in [1.807, 2.05) is 6.92 Å².